The lowest BCUT2D eigenvalue weighted by atomic mass is 9.97. The van der Waals surface area contributed by atoms with Gasteiger partial charge in [-0.25, -0.2) is 4.98 Å². The number of nitrogens with zero attached hydrogens (tertiary/aromatic N) is 1. The summed E-state index contributed by atoms with van der Waals surface area (Å²) in [5.41, 5.74) is 2.18. The molecule has 0 bridgehead atoms. The Hall–Kier alpha value is -2.55. The molecule has 0 aliphatic carbocycles. The molecular weight excluding hydrogens is 296 g/mol. The normalized spacial score (nSPS) is 12.3. The van der Waals surface area contributed by atoms with E-state index >= 15 is 0 Å². The second kappa shape index (κ2) is 7.35. The summed E-state index contributed by atoms with van der Waals surface area (Å²) in [5, 5.41) is 4.69. The standard InChI is InChI=1S/C21H24N2O/c1-15(2)14-18(16-8-5-4-6-9-16)22-20-13-12-17-10-7-11-19(24-3)21(17)23-20/h4-13,15,18H,14H2,1-3H3,(H,22,23). The number of ether oxygens (including phenoxy) is 1. The molecule has 1 N–H and O–H groups in total. The van der Waals surface area contributed by atoms with E-state index in [9.17, 15) is 0 Å². The van der Waals surface area contributed by atoms with Crippen LogP contribution in [0.5, 0.6) is 5.75 Å². The molecule has 24 heavy (non-hydrogen) atoms. The van der Waals surface area contributed by atoms with E-state index in [0.29, 0.717) is 5.92 Å². The van der Waals surface area contributed by atoms with Crippen LogP contribution in [0.2, 0.25) is 0 Å². The van der Waals surface area contributed by atoms with Crippen LogP contribution in [0.15, 0.2) is 60.7 Å². The van der Waals surface area contributed by atoms with Gasteiger partial charge in [0.1, 0.15) is 17.1 Å². The lowest BCUT2D eigenvalue weighted by Crippen LogP contribution is -2.14. The topological polar surface area (TPSA) is 34.1 Å². The van der Waals surface area contributed by atoms with Gasteiger partial charge in [-0.2, -0.15) is 0 Å². The summed E-state index contributed by atoms with van der Waals surface area (Å²) in [7, 11) is 1.68. The minimum Gasteiger partial charge on any atom is -0.494 e. The van der Waals surface area contributed by atoms with E-state index in [1.54, 1.807) is 7.11 Å². The quantitative estimate of drug-likeness (QED) is 0.656. The second-order valence-electron chi connectivity index (χ2n) is 6.47. The number of hydrogen-bond acceptors (Lipinski definition) is 3. The summed E-state index contributed by atoms with van der Waals surface area (Å²) in [6.45, 7) is 4.49. The minimum atomic E-state index is 0.242. The molecule has 124 valence electrons. The van der Waals surface area contributed by atoms with Gasteiger partial charge in [-0.05, 0) is 36.1 Å². The van der Waals surface area contributed by atoms with Gasteiger partial charge in [0.15, 0.2) is 0 Å². The number of fused-ring (bicyclic) bond motifs is 1. The van der Waals surface area contributed by atoms with Crippen LogP contribution in [0, 0.1) is 5.92 Å². The average Bonchev–Trinajstić information content (AvgIpc) is 2.61. The molecule has 1 unspecified atom stereocenters. The van der Waals surface area contributed by atoms with Gasteiger partial charge < -0.3 is 10.1 Å². The fourth-order valence-corrected chi connectivity index (χ4v) is 2.98. The van der Waals surface area contributed by atoms with E-state index in [4.69, 9.17) is 9.72 Å². The molecule has 0 saturated carbocycles. The minimum absolute atomic E-state index is 0.242. The molecule has 0 radical (unpaired) electrons. The third kappa shape index (κ3) is 3.67. The van der Waals surface area contributed by atoms with Crippen LogP contribution < -0.4 is 10.1 Å². The van der Waals surface area contributed by atoms with Crippen molar-refractivity contribution in [3.05, 3.63) is 66.2 Å². The van der Waals surface area contributed by atoms with Gasteiger partial charge in [-0.15, -0.1) is 0 Å². The van der Waals surface area contributed by atoms with Crippen molar-refractivity contribution >= 4 is 16.7 Å². The molecule has 1 heterocycles. The molecule has 3 heteroatoms. The highest BCUT2D eigenvalue weighted by Crippen LogP contribution is 2.28. The Bertz CT molecular complexity index is 799. The van der Waals surface area contributed by atoms with Crippen molar-refractivity contribution in [2.45, 2.75) is 26.3 Å². The van der Waals surface area contributed by atoms with Crippen molar-refractivity contribution in [3.63, 3.8) is 0 Å². The molecule has 3 rings (SSSR count). The van der Waals surface area contributed by atoms with Crippen LogP contribution in [0.25, 0.3) is 10.9 Å². The largest absolute Gasteiger partial charge is 0.494 e. The van der Waals surface area contributed by atoms with Crippen LogP contribution >= 0.6 is 0 Å². The van der Waals surface area contributed by atoms with E-state index in [0.717, 1.165) is 28.9 Å². The number of nitrogens with one attached hydrogen (secondary N) is 1. The van der Waals surface area contributed by atoms with Gasteiger partial charge >= 0.3 is 0 Å². The predicted octanol–water partition coefficient (Wildman–Crippen LogP) is 5.44. The Morgan fingerprint density at radius 3 is 2.46 bits per heavy atom. The van der Waals surface area contributed by atoms with Crippen molar-refractivity contribution < 1.29 is 4.74 Å². The molecule has 0 fully saturated rings. The zero-order valence-electron chi connectivity index (χ0n) is 14.5. The third-order valence-electron chi connectivity index (χ3n) is 4.13. The second-order valence-corrected chi connectivity index (χ2v) is 6.47. The highest BCUT2D eigenvalue weighted by molar-refractivity contribution is 5.85. The van der Waals surface area contributed by atoms with Crippen molar-refractivity contribution in [1.82, 2.24) is 4.98 Å². The first kappa shape index (κ1) is 16.3. The lowest BCUT2D eigenvalue weighted by Gasteiger charge is -2.22. The van der Waals surface area contributed by atoms with Crippen molar-refractivity contribution in [1.29, 1.82) is 0 Å². The van der Waals surface area contributed by atoms with Crippen molar-refractivity contribution in [2.24, 2.45) is 5.92 Å². The Kier molecular flexibility index (Phi) is 4.99. The van der Waals surface area contributed by atoms with Gasteiger partial charge in [-0.1, -0.05) is 56.3 Å². The highest BCUT2D eigenvalue weighted by atomic mass is 16.5. The number of benzene rings is 2. The summed E-state index contributed by atoms with van der Waals surface area (Å²) in [6, 6.07) is 20.9. The van der Waals surface area contributed by atoms with Crippen LogP contribution in [0.1, 0.15) is 31.9 Å². The lowest BCUT2D eigenvalue weighted by molar-refractivity contribution is 0.419. The molecule has 3 nitrogen and oxygen atoms in total. The molecule has 0 saturated heterocycles. The first-order valence-corrected chi connectivity index (χ1v) is 8.42. The van der Waals surface area contributed by atoms with E-state index in [1.165, 1.54) is 5.56 Å². The predicted molar refractivity (Wildman–Crippen MR) is 101 cm³/mol. The summed E-state index contributed by atoms with van der Waals surface area (Å²) in [4.78, 5) is 4.78. The SMILES string of the molecule is COc1cccc2ccc(NC(CC(C)C)c3ccccc3)nc12. The fraction of sp³-hybridized carbons (Fsp3) is 0.286. The fourth-order valence-electron chi connectivity index (χ4n) is 2.98. The number of pyridine rings is 1. The Labute approximate surface area is 143 Å². The summed E-state index contributed by atoms with van der Waals surface area (Å²) in [5.74, 6) is 2.27. The zero-order chi connectivity index (χ0) is 16.9. The number of rotatable bonds is 6. The van der Waals surface area contributed by atoms with Crippen LogP contribution in [-0.4, -0.2) is 12.1 Å². The van der Waals surface area contributed by atoms with Crippen LogP contribution in [0.3, 0.4) is 0 Å². The van der Waals surface area contributed by atoms with Gasteiger partial charge in [0.2, 0.25) is 0 Å². The molecular formula is C21H24N2O. The zero-order valence-corrected chi connectivity index (χ0v) is 14.5. The number of hydrogen-bond donors (Lipinski definition) is 1. The molecule has 1 aromatic heterocycles. The number of anilines is 1. The molecule has 0 amide bonds. The molecule has 3 aromatic rings. The first-order chi connectivity index (χ1) is 11.7. The molecule has 2 aromatic carbocycles. The molecule has 0 spiro atoms. The maximum Gasteiger partial charge on any atom is 0.145 e. The van der Waals surface area contributed by atoms with E-state index in [-0.39, 0.29) is 6.04 Å². The Morgan fingerprint density at radius 2 is 1.75 bits per heavy atom. The average molecular weight is 320 g/mol. The summed E-state index contributed by atoms with van der Waals surface area (Å²) < 4.78 is 5.45. The van der Waals surface area contributed by atoms with Gasteiger partial charge in [0.05, 0.1) is 13.2 Å². The monoisotopic (exact) mass is 320 g/mol. The summed E-state index contributed by atoms with van der Waals surface area (Å²) in [6.07, 6.45) is 1.05. The van der Waals surface area contributed by atoms with Gasteiger partial charge in [0, 0.05) is 5.39 Å². The van der Waals surface area contributed by atoms with Crippen LogP contribution in [0.4, 0.5) is 5.82 Å². The maximum absolute atomic E-state index is 5.45. The molecule has 0 aliphatic heterocycles. The first-order valence-electron chi connectivity index (χ1n) is 8.42. The highest BCUT2D eigenvalue weighted by Gasteiger charge is 2.14. The summed E-state index contributed by atoms with van der Waals surface area (Å²) >= 11 is 0. The van der Waals surface area contributed by atoms with Crippen molar-refractivity contribution in [3.8, 4) is 5.75 Å². The number of para-hydroxylation sites is 1. The van der Waals surface area contributed by atoms with Crippen molar-refractivity contribution in [2.75, 3.05) is 12.4 Å². The number of methoxy groups -OCH3 is 1. The van der Waals surface area contributed by atoms with E-state index in [2.05, 4.69) is 61.6 Å². The Morgan fingerprint density at radius 1 is 0.958 bits per heavy atom. The van der Waals surface area contributed by atoms with E-state index in [1.807, 2.05) is 18.2 Å². The Balaban J connectivity index is 1.93. The van der Waals surface area contributed by atoms with Crippen LogP contribution in [-0.2, 0) is 0 Å². The van der Waals surface area contributed by atoms with Gasteiger partial charge in [-0.3, -0.25) is 0 Å². The molecule has 0 aliphatic rings. The third-order valence-corrected chi connectivity index (χ3v) is 4.13. The molecule has 1 atom stereocenters. The van der Waals surface area contributed by atoms with Gasteiger partial charge in [0.25, 0.3) is 0 Å². The maximum atomic E-state index is 5.45. The number of aromatic nitrogens is 1. The van der Waals surface area contributed by atoms with E-state index < -0.39 is 0 Å². The smallest absolute Gasteiger partial charge is 0.145 e.